The molecule has 0 spiro atoms. The molecule has 1 saturated heterocycles. The van der Waals surface area contributed by atoms with Gasteiger partial charge in [0.15, 0.2) is 0 Å². The lowest BCUT2D eigenvalue weighted by molar-refractivity contribution is -0.155. The molecule has 1 aromatic carbocycles. The molecular formula is C28H33N3O4. The highest BCUT2D eigenvalue weighted by molar-refractivity contribution is 5.96. The monoisotopic (exact) mass is 475 g/mol. The van der Waals surface area contributed by atoms with Crippen LogP contribution in [0, 0.1) is 0 Å². The third kappa shape index (κ3) is 4.55. The van der Waals surface area contributed by atoms with Gasteiger partial charge in [-0.1, -0.05) is 50.3 Å². The maximum absolute atomic E-state index is 13.2. The van der Waals surface area contributed by atoms with E-state index in [1.807, 2.05) is 31.2 Å². The molecule has 7 heteroatoms. The number of esters is 1. The summed E-state index contributed by atoms with van der Waals surface area (Å²) in [7, 11) is 1.68. The Morgan fingerprint density at radius 1 is 1.23 bits per heavy atom. The summed E-state index contributed by atoms with van der Waals surface area (Å²) in [5.41, 5.74) is 3.52. The number of likely N-dealkylation sites (N-methyl/N-ethyl adjacent to an activating group) is 1. The molecule has 2 aromatic rings. The summed E-state index contributed by atoms with van der Waals surface area (Å²) in [4.78, 5) is 41.4. The molecule has 1 atom stereocenters. The van der Waals surface area contributed by atoms with E-state index in [1.165, 1.54) is 4.90 Å². The average molecular weight is 476 g/mol. The van der Waals surface area contributed by atoms with Crippen molar-refractivity contribution < 1.29 is 19.1 Å². The Balaban J connectivity index is 1.73. The molecule has 2 amide bonds. The molecule has 1 fully saturated rings. The van der Waals surface area contributed by atoms with Crippen molar-refractivity contribution in [3.63, 3.8) is 0 Å². The molecule has 0 N–H and O–H groups in total. The first kappa shape index (κ1) is 24.5. The number of aromatic nitrogens is 1. The first-order valence-electron chi connectivity index (χ1n) is 12.2. The Hall–Kier alpha value is -3.61. The smallest absolute Gasteiger partial charge is 0.338 e. The van der Waals surface area contributed by atoms with E-state index in [4.69, 9.17) is 4.74 Å². The van der Waals surface area contributed by atoms with Gasteiger partial charge in [-0.2, -0.15) is 0 Å². The van der Waals surface area contributed by atoms with Gasteiger partial charge in [0.2, 0.25) is 11.8 Å². The standard InChI is InChI=1S/C28H33N3O4/c1-5-8-16-35-28(34)20-12-10-19(11-13-20)17-31-22(7-3)21(9-6-2)25-23(31)14-15-30-24(32)18-29(4)27(33)26(25)30/h6-7,9-13,26H,2,5,8,14-18H2,1,3-4H3/b21-9+,22-7+. The lowest BCUT2D eigenvalue weighted by atomic mass is 9.93. The van der Waals surface area contributed by atoms with Crippen LogP contribution in [0.5, 0.6) is 0 Å². The van der Waals surface area contributed by atoms with Gasteiger partial charge >= 0.3 is 5.97 Å². The number of amides is 2. The molecule has 2 aliphatic heterocycles. The average Bonchev–Trinajstić information content (AvgIpc) is 3.15. The van der Waals surface area contributed by atoms with Crippen molar-refractivity contribution in [2.45, 2.75) is 45.7 Å². The minimum absolute atomic E-state index is 0.0245. The summed E-state index contributed by atoms with van der Waals surface area (Å²) in [5, 5.41) is 1.92. The van der Waals surface area contributed by atoms with Crippen molar-refractivity contribution in [2.75, 3.05) is 26.7 Å². The van der Waals surface area contributed by atoms with E-state index in [0.717, 1.165) is 40.2 Å². The van der Waals surface area contributed by atoms with Gasteiger partial charge in [0.1, 0.15) is 6.04 Å². The molecular weight excluding hydrogens is 442 g/mol. The minimum Gasteiger partial charge on any atom is -0.462 e. The number of benzene rings is 1. The first-order valence-corrected chi connectivity index (χ1v) is 12.2. The van der Waals surface area contributed by atoms with Crippen molar-refractivity contribution in [3.8, 4) is 0 Å². The Labute approximate surface area is 206 Å². The third-order valence-corrected chi connectivity index (χ3v) is 6.79. The number of fused-ring (bicyclic) bond motifs is 3. The first-order chi connectivity index (χ1) is 16.9. The van der Waals surface area contributed by atoms with Gasteiger partial charge in [0.05, 0.1) is 18.7 Å². The number of hydrogen-bond donors (Lipinski definition) is 0. The maximum atomic E-state index is 13.2. The number of unbranched alkanes of at least 4 members (excludes halogenated alkanes) is 1. The molecule has 3 heterocycles. The van der Waals surface area contributed by atoms with E-state index >= 15 is 0 Å². The zero-order valence-electron chi connectivity index (χ0n) is 20.8. The second-order valence-corrected chi connectivity index (χ2v) is 9.06. The Kier molecular flexibility index (Phi) is 7.24. The number of allylic oxidation sites excluding steroid dienone is 1. The van der Waals surface area contributed by atoms with Crippen LogP contribution >= 0.6 is 0 Å². The maximum Gasteiger partial charge on any atom is 0.338 e. The minimum atomic E-state index is -0.614. The van der Waals surface area contributed by atoms with Crippen LogP contribution in [0.2, 0.25) is 0 Å². The van der Waals surface area contributed by atoms with Crippen molar-refractivity contribution in [3.05, 3.63) is 69.9 Å². The normalized spacial score (nSPS) is 18.5. The number of hydrogen-bond acceptors (Lipinski definition) is 4. The molecule has 0 radical (unpaired) electrons. The zero-order chi connectivity index (χ0) is 25.1. The van der Waals surface area contributed by atoms with Crippen LogP contribution in [0.4, 0.5) is 0 Å². The SMILES string of the molecule is C=C/C=c1/c2c(n(Cc3ccc(C(=O)OCCCC)cc3)/c1=C/C)CCN1C(=O)CN(C)C(=O)C21. The van der Waals surface area contributed by atoms with Crippen LogP contribution in [0.15, 0.2) is 36.9 Å². The second-order valence-electron chi connectivity index (χ2n) is 9.06. The number of carbonyl (C=O) groups excluding carboxylic acids is 3. The summed E-state index contributed by atoms with van der Waals surface area (Å²) < 4.78 is 7.54. The third-order valence-electron chi connectivity index (χ3n) is 6.79. The number of carbonyl (C=O) groups is 3. The highest BCUT2D eigenvalue weighted by Crippen LogP contribution is 2.31. The molecule has 1 aromatic heterocycles. The molecule has 0 bridgehead atoms. The van der Waals surface area contributed by atoms with Crippen molar-refractivity contribution in [1.82, 2.24) is 14.4 Å². The van der Waals surface area contributed by atoms with E-state index in [9.17, 15) is 14.4 Å². The predicted octanol–water partition coefficient (Wildman–Crippen LogP) is 2.16. The molecule has 7 nitrogen and oxygen atoms in total. The van der Waals surface area contributed by atoms with Gasteiger partial charge in [0.25, 0.3) is 0 Å². The van der Waals surface area contributed by atoms with Crippen LogP contribution in [-0.4, -0.2) is 58.9 Å². The van der Waals surface area contributed by atoms with E-state index < -0.39 is 6.04 Å². The Morgan fingerprint density at radius 2 is 1.97 bits per heavy atom. The summed E-state index contributed by atoms with van der Waals surface area (Å²) in [6, 6.07) is 6.86. The van der Waals surface area contributed by atoms with Crippen molar-refractivity contribution in [2.24, 2.45) is 0 Å². The fourth-order valence-electron chi connectivity index (χ4n) is 5.03. The number of ether oxygens (including phenoxy) is 1. The molecule has 4 rings (SSSR count). The Bertz CT molecular complexity index is 1270. The van der Waals surface area contributed by atoms with Crippen LogP contribution in [0.1, 0.15) is 59.9 Å². The number of rotatable bonds is 7. The quantitative estimate of drug-likeness (QED) is 0.455. The fraction of sp³-hybridized carbons (Fsp3) is 0.393. The molecule has 2 aliphatic rings. The summed E-state index contributed by atoms with van der Waals surface area (Å²) in [6.45, 7) is 9.56. The highest BCUT2D eigenvalue weighted by Gasteiger charge is 2.43. The van der Waals surface area contributed by atoms with Gasteiger partial charge < -0.3 is 19.1 Å². The van der Waals surface area contributed by atoms with Gasteiger partial charge in [-0.25, -0.2) is 4.79 Å². The zero-order valence-corrected chi connectivity index (χ0v) is 20.8. The summed E-state index contributed by atoms with van der Waals surface area (Å²) in [6.07, 6.45) is 8.19. The Morgan fingerprint density at radius 3 is 2.63 bits per heavy atom. The van der Waals surface area contributed by atoms with Crippen LogP contribution in [0.3, 0.4) is 0 Å². The topological polar surface area (TPSA) is 71.8 Å². The molecule has 35 heavy (non-hydrogen) atoms. The van der Waals surface area contributed by atoms with Crippen LogP contribution in [-0.2, 0) is 27.3 Å². The lowest BCUT2D eigenvalue weighted by Crippen LogP contribution is -2.57. The van der Waals surface area contributed by atoms with Crippen molar-refractivity contribution in [1.29, 1.82) is 0 Å². The molecule has 0 aliphatic carbocycles. The summed E-state index contributed by atoms with van der Waals surface area (Å²) in [5.74, 6) is -0.392. The fourth-order valence-corrected chi connectivity index (χ4v) is 5.03. The second kappa shape index (κ2) is 10.3. The van der Waals surface area contributed by atoms with Gasteiger partial charge in [0, 0.05) is 48.4 Å². The van der Waals surface area contributed by atoms with E-state index in [-0.39, 0.29) is 24.3 Å². The lowest BCUT2D eigenvalue weighted by Gasteiger charge is -2.42. The molecule has 0 saturated carbocycles. The predicted molar refractivity (Wildman–Crippen MR) is 135 cm³/mol. The van der Waals surface area contributed by atoms with Gasteiger partial charge in [-0.15, -0.1) is 0 Å². The van der Waals surface area contributed by atoms with Gasteiger partial charge in [-0.3, -0.25) is 9.59 Å². The van der Waals surface area contributed by atoms with E-state index in [1.54, 1.807) is 30.2 Å². The molecule has 184 valence electrons. The van der Waals surface area contributed by atoms with Crippen LogP contribution < -0.4 is 10.6 Å². The molecule has 1 unspecified atom stereocenters. The van der Waals surface area contributed by atoms with Crippen molar-refractivity contribution >= 4 is 29.9 Å². The van der Waals surface area contributed by atoms with E-state index in [2.05, 4.69) is 18.1 Å². The van der Waals surface area contributed by atoms with E-state index in [0.29, 0.717) is 31.7 Å². The van der Waals surface area contributed by atoms with Crippen LogP contribution in [0.25, 0.3) is 12.2 Å². The highest BCUT2D eigenvalue weighted by atomic mass is 16.5. The summed E-state index contributed by atoms with van der Waals surface area (Å²) >= 11 is 0. The van der Waals surface area contributed by atoms with Gasteiger partial charge in [-0.05, 0) is 31.0 Å². The number of piperazine rings is 1. The largest absolute Gasteiger partial charge is 0.462 e. The number of nitrogens with zero attached hydrogens (tertiary/aromatic N) is 3.